The highest BCUT2D eigenvalue weighted by atomic mass is 32.2. The number of hydrogen-bond donors (Lipinski definition) is 1. The Morgan fingerprint density at radius 1 is 1.21 bits per heavy atom. The molecule has 28 heavy (non-hydrogen) atoms. The van der Waals surface area contributed by atoms with Gasteiger partial charge in [-0.15, -0.1) is 0 Å². The highest BCUT2D eigenvalue weighted by Crippen LogP contribution is 2.55. The van der Waals surface area contributed by atoms with Gasteiger partial charge in [-0.05, 0) is 43.2 Å². The Kier molecular flexibility index (Phi) is 3.76. The van der Waals surface area contributed by atoms with Crippen LogP contribution < -0.4 is 4.90 Å². The zero-order valence-corrected chi connectivity index (χ0v) is 16.2. The molecule has 1 aromatic carbocycles. The number of halogens is 1. The van der Waals surface area contributed by atoms with Gasteiger partial charge >= 0.3 is 0 Å². The van der Waals surface area contributed by atoms with Crippen molar-refractivity contribution in [3.05, 3.63) is 48.7 Å². The van der Waals surface area contributed by atoms with Crippen LogP contribution in [-0.4, -0.2) is 53.9 Å². The number of aromatic nitrogens is 3. The Hall–Kier alpha value is -2.52. The van der Waals surface area contributed by atoms with Gasteiger partial charge in [-0.1, -0.05) is 0 Å². The number of anilines is 1. The van der Waals surface area contributed by atoms with Gasteiger partial charge in [0.2, 0.25) is 10.0 Å². The minimum atomic E-state index is -3.67. The number of nitrogens with one attached hydrogen (secondary N) is 1. The summed E-state index contributed by atoms with van der Waals surface area (Å²) in [5.41, 5.74) is 0.700. The SMILES string of the molecule is CN(c1ncnc2[nH]ccc12)C1CN(S(=O)(=O)c2ccc(F)cc2)CC12CC2. The summed E-state index contributed by atoms with van der Waals surface area (Å²) in [6.07, 6.45) is 5.31. The Labute approximate surface area is 162 Å². The largest absolute Gasteiger partial charge is 0.354 e. The van der Waals surface area contributed by atoms with Crippen molar-refractivity contribution >= 4 is 26.9 Å². The smallest absolute Gasteiger partial charge is 0.243 e. The summed E-state index contributed by atoms with van der Waals surface area (Å²) < 4.78 is 40.9. The minimum Gasteiger partial charge on any atom is -0.354 e. The second kappa shape index (κ2) is 5.99. The van der Waals surface area contributed by atoms with Gasteiger partial charge in [-0.25, -0.2) is 22.8 Å². The van der Waals surface area contributed by atoms with E-state index in [4.69, 9.17) is 0 Å². The first-order valence-corrected chi connectivity index (χ1v) is 10.6. The monoisotopic (exact) mass is 401 g/mol. The van der Waals surface area contributed by atoms with Crippen LogP contribution in [0.25, 0.3) is 11.0 Å². The van der Waals surface area contributed by atoms with Gasteiger partial charge < -0.3 is 9.88 Å². The minimum absolute atomic E-state index is 0.0238. The second-order valence-electron chi connectivity index (χ2n) is 7.68. The summed E-state index contributed by atoms with van der Waals surface area (Å²) in [6.45, 7) is 0.856. The molecule has 1 saturated carbocycles. The van der Waals surface area contributed by atoms with Crippen molar-refractivity contribution in [1.82, 2.24) is 19.3 Å². The molecule has 1 N–H and O–H groups in total. The molecule has 2 aromatic heterocycles. The molecule has 1 atom stereocenters. The van der Waals surface area contributed by atoms with Gasteiger partial charge in [0.05, 0.1) is 16.3 Å². The van der Waals surface area contributed by atoms with Crippen LogP contribution in [0.4, 0.5) is 10.2 Å². The molecule has 0 amide bonds. The van der Waals surface area contributed by atoms with Crippen molar-refractivity contribution in [3.63, 3.8) is 0 Å². The first-order valence-electron chi connectivity index (χ1n) is 9.17. The fourth-order valence-electron chi connectivity index (χ4n) is 4.32. The van der Waals surface area contributed by atoms with Crippen molar-refractivity contribution in [3.8, 4) is 0 Å². The third kappa shape index (κ3) is 2.61. The summed E-state index contributed by atoms with van der Waals surface area (Å²) >= 11 is 0. The molecule has 1 spiro atoms. The zero-order chi connectivity index (χ0) is 19.5. The van der Waals surface area contributed by atoms with E-state index in [1.807, 2.05) is 19.3 Å². The molecule has 3 aromatic rings. The predicted octanol–water partition coefficient (Wildman–Crippen LogP) is 2.39. The summed E-state index contributed by atoms with van der Waals surface area (Å²) in [5.74, 6) is 0.347. The molecule has 7 nitrogen and oxygen atoms in total. The van der Waals surface area contributed by atoms with E-state index in [1.165, 1.54) is 34.9 Å². The highest BCUT2D eigenvalue weighted by molar-refractivity contribution is 7.89. The van der Waals surface area contributed by atoms with Crippen LogP contribution in [0.3, 0.4) is 0 Å². The lowest BCUT2D eigenvalue weighted by Crippen LogP contribution is -2.40. The Bertz CT molecular complexity index is 1140. The van der Waals surface area contributed by atoms with E-state index >= 15 is 0 Å². The molecule has 2 fully saturated rings. The van der Waals surface area contributed by atoms with Gasteiger partial charge in [0.1, 0.15) is 23.6 Å². The Morgan fingerprint density at radius 3 is 2.68 bits per heavy atom. The van der Waals surface area contributed by atoms with Crippen LogP contribution in [-0.2, 0) is 10.0 Å². The number of benzene rings is 1. The number of likely N-dealkylation sites (N-methyl/N-ethyl adjacent to an activating group) is 1. The molecule has 3 heterocycles. The van der Waals surface area contributed by atoms with E-state index in [0.29, 0.717) is 13.1 Å². The number of hydrogen-bond acceptors (Lipinski definition) is 5. The first kappa shape index (κ1) is 17.6. The average Bonchev–Trinajstić information content (AvgIpc) is 3.12. The summed E-state index contributed by atoms with van der Waals surface area (Å²) in [5, 5.41) is 0.917. The number of nitrogens with zero attached hydrogens (tertiary/aromatic N) is 4. The molecule has 0 bridgehead atoms. The van der Waals surface area contributed by atoms with Gasteiger partial charge in [0.25, 0.3) is 0 Å². The van der Waals surface area contributed by atoms with Gasteiger partial charge in [-0.3, -0.25) is 0 Å². The molecular weight excluding hydrogens is 381 g/mol. The molecule has 1 unspecified atom stereocenters. The van der Waals surface area contributed by atoms with Crippen LogP contribution in [0.2, 0.25) is 0 Å². The third-order valence-electron chi connectivity index (χ3n) is 6.05. The molecule has 1 aliphatic carbocycles. The van der Waals surface area contributed by atoms with Gasteiger partial charge in [0.15, 0.2) is 0 Å². The first-order chi connectivity index (χ1) is 13.4. The second-order valence-corrected chi connectivity index (χ2v) is 9.62. The van der Waals surface area contributed by atoms with Crippen LogP contribution in [0.15, 0.2) is 47.8 Å². The normalized spacial score (nSPS) is 21.4. The fourth-order valence-corrected chi connectivity index (χ4v) is 5.86. The number of sulfonamides is 1. The molecule has 1 aliphatic heterocycles. The Balaban J connectivity index is 1.47. The lowest BCUT2D eigenvalue weighted by Gasteiger charge is -2.30. The third-order valence-corrected chi connectivity index (χ3v) is 7.88. The standard InChI is InChI=1S/C19H20FN5O2S/c1-24(18-15-6-9-21-17(15)22-12-23-18)16-10-25(11-19(16)7-8-19)28(26,27)14-4-2-13(20)3-5-14/h2-6,9,12,16H,7-8,10-11H2,1H3,(H,21,22,23). The maximum atomic E-state index is 13.2. The van der Waals surface area contributed by atoms with E-state index in [1.54, 1.807) is 0 Å². The van der Waals surface area contributed by atoms with Crippen molar-refractivity contribution in [1.29, 1.82) is 0 Å². The van der Waals surface area contributed by atoms with Crippen molar-refractivity contribution in [2.75, 3.05) is 25.0 Å². The molecule has 9 heteroatoms. The maximum absolute atomic E-state index is 13.2. The van der Waals surface area contributed by atoms with Crippen molar-refractivity contribution < 1.29 is 12.8 Å². The summed E-state index contributed by atoms with van der Waals surface area (Å²) in [4.78, 5) is 14.0. The van der Waals surface area contributed by atoms with E-state index in [-0.39, 0.29) is 16.4 Å². The molecule has 1 saturated heterocycles. The van der Waals surface area contributed by atoms with E-state index in [0.717, 1.165) is 29.7 Å². The van der Waals surface area contributed by atoms with E-state index < -0.39 is 15.8 Å². The summed E-state index contributed by atoms with van der Waals surface area (Å²) in [7, 11) is -1.70. The zero-order valence-electron chi connectivity index (χ0n) is 15.3. The molecular formula is C19H20FN5O2S. The van der Waals surface area contributed by atoms with E-state index in [2.05, 4.69) is 19.9 Å². The fraction of sp³-hybridized carbons (Fsp3) is 0.368. The highest BCUT2D eigenvalue weighted by Gasteiger charge is 2.59. The molecule has 146 valence electrons. The van der Waals surface area contributed by atoms with Crippen LogP contribution in [0, 0.1) is 11.2 Å². The van der Waals surface area contributed by atoms with Crippen LogP contribution >= 0.6 is 0 Å². The lowest BCUT2D eigenvalue weighted by molar-refractivity contribution is 0.446. The number of aromatic amines is 1. The van der Waals surface area contributed by atoms with Crippen molar-refractivity contribution in [2.24, 2.45) is 5.41 Å². The summed E-state index contributed by atoms with van der Waals surface area (Å²) in [6, 6.07) is 6.98. The Morgan fingerprint density at radius 2 is 1.96 bits per heavy atom. The van der Waals surface area contributed by atoms with Crippen LogP contribution in [0.5, 0.6) is 0 Å². The lowest BCUT2D eigenvalue weighted by atomic mass is 9.99. The molecule has 0 radical (unpaired) electrons. The number of H-pyrrole nitrogens is 1. The van der Waals surface area contributed by atoms with Crippen molar-refractivity contribution in [2.45, 2.75) is 23.8 Å². The topological polar surface area (TPSA) is 82.2 Å². The number of rotatable bonds is 4. The maximum Gasteiger partial charge on any atom is 0.243 e. The molecule has 2 aliphatic rings. The van der Waals surface area contributed by atoms with Gasteiger partial charge in [0, 0.05) is 31.7 Å². The quantitative estimate of drug-likeness (QED) is 0.726. The number of fused-ring (bicyclic) bond motifs is 1. The average molecular weight is 401 g/mol. The predicted molar refractivity (Wildman–Crippen MR) is 103 cm³/mol. The van der Waals surface area contributed by atoms with E-state index in [9.17, 15) is 12.8 Å². The molecule has 5 rings (SSSR count). The van der Waals surface area contributed by atoms with Crippen LogP contribution in [0.1, 0.15) is 12.8 Å². The van der Waals surface area contributed by atoms with Gasteiger partial charge in [-0.2, -0.15) is 4.31 Å².